The minimum absolute atomic E-state index is 0.0150. The van der Waals surface area contributed by atoms with Crippen molar-refractivity contribution in [1.29, 1.82) is 0 Å². The molecule has 0 saturated heterocycles. The van der Waals surface area contributed by atoms with Gasteiger partial charge >= 0.3 is 0 Å². The first kappa shape index (κ1) is 15.5. The SMILES string of the molecule is CCC(=O)c1cc2c(-c3ccc(O)cc3)c(CC)c3ccc(O)c1n32. The summed E-state index contributed by atoms with van der Waals surface area (Å²) in [5.41, 5.74) is 6.26. The fourth-order valence-electron chi connectivity index (χ4n) is 3.74. The maximum Gasteiger partial charge on any atom is 0.164 e. The highest BCUT2D eigenvalue weighted by molar-refractivity contribution is 6.09. The Labute approximate surface area is 145 Å². The summed E-state index contributed by atoms with van der Waals surface area (Å²) in [4.78, 5) is 12.4. The van der Waals surface area contributed by atoms with Crippen LogP contribution in [0, 0.1) is 0 Å². The lowest BCUT2D eigenvalue weighted by Crippen LogP contribution is -1.96. The van der Waals surface area contributed by atoms with Gasteiger partial charge in [0.25, 0.3) is 0 Å². The molecule has 0 aliphatic carbocycles. The number of carbonyl (C=O) groups is 1. The summed E-state index contributed by atoms with van der Waals surface area (Å²) in [7, 11) is 0. The summed E-state index contributed by atoms with van der Waals surface area (Å²) in [5.74, 6) is 0.355. The number of rotatable bonds is 4. The molecule has 3 aromatic heterocycles. The molecular formula is C21H19NO3. The van der Waals surface area contributed by atoms with Crippen molar-refractivity contribution < 1.29 is 15.0 Å². The van der Waals surface area contributed by atoms with E-state index >= 15 is 0 Å². The topological polar surface area (TPSA) is 61.9 Å². The molecule has 0 aliphatic heterocycles. The van der Waals surface area contributed by atoms with Crippen molar-refractivity contribution in [1.82, 2.24) is 4.40 Å². The highest BCUT2D eigenvalue weighted by Crippen LogP contribution is 2.41. The number of hydrogen-bond donors (Lipinski definition) is 2. The molecule has 0 amide bonds. The van der Waals surface area contributed by atoms with Crippen LogP contribution in [-0.2, 0) is 6.42 Å². The molecule has 25 heavy (non-hydrogen) atoms. The number of benzene rings is 1. The number of nitrogens with zero attached hydrogens (tertiary/aromatic N) is 1. The highest BCUT2D eigenvalue weighted by atomic mass is 16.3. The zero-order valence-electron chi connectivity index (χ0n) is 14.2. The molecular weight excluding hydrogens is 314 g/mol. The molecule has 4 heteroatoms. The van der Waals surface area contributed by atoms with E-state index in [0.29, 0.717) is 17.5 Å². The van der Waals surface area contributed by atoms with Gasteiger partial charge in [-0.25, -0.2) is 0 Å². The molecule has 4 aromatic rings. The number of Topliss-reactive ketones (excluding diaryl/α,β-unsaturated/α-hetero) is 1. The second-order valence-electron chi connectivity index (χ2n) is 6.26. The average molecular weight is 333 g/mol. The number of phenolic OH excluding ortho intramolecular Hbond substituents is 1. The van der Waals surface area contributed by atoms with Crippen molar-refractivity contribution in [2.45, 2.75) is 26.7 Å². The Morgan fingerprint density at radius 3 is 2.36 bits per heavy atom. The molecule has 0 radical (unpaired) electrons. The minimum atomic E-state index is 0.0150. The van der Waals surface area contributed by atoms with Crippen LogP contribution in [0.4, 0.5) is 0 Å². The molecule has 1 aromatic carbocycles. The maximum atomic E-state index is 12.4. The Kier molecular flexibility index (Phi) is 3.42. The van der Waals surface area contributed by atoms with E-state index < -0.39 is 0 Å². The summed E-state index contributed by atoms with van der Waals surface area (Å²) in [6, 6.07) is 12.5. The Morgan fingerprint density at radius 2 is 1.72 bits per heavy atom. The molecule has 0 spiro atoms. The maximum absolute atomic E-state index is 12.4. The van der Waals surface area contributed by atoms with Crippen LogP contribution in [0.1, 0.15) is 36.2 Å². The van der Waals surface area contributed by atoms with Crippen molar-refractivity contribution in [3.63, 3.8) is 0 Å². The third kappa shape index (κ3) is 2.10. The number of aromatic hydroxyl groups is 2. The fraction of sp³-hybridized carbons (Fsp3) is 0.190. The van der Waals surface area contributed by atoms with Crippen LogP contribution in [0.25, 0.3) is 27.7 Å². The van der Waals surface area contributed by atoms with Crippen LogP contribution in [0.2, 0.25) is 0 Å². The van der Waals surface area contributed by atoms with Crippen molar-refractivity contribution >= 4 is 22.3 Å². The number of hydrogen-bond acceptors (Lipinski definition) is 3. The Bertz CT molecular complexity index is 1090. The summed E-state index contributed by atoms with van der Waals surface area (Å²) < 4.78 is 1.99. The van der Waals surface area contributed by atoms with Gasteiger partial charge in [-0.3, -0.25) is 4.79 Å². The number of phenols is 1. The predicted molar refractivity (Wildman–Crippen MR) is 98.9 cm³/mol. The van der Waals surface area contributed by atoms with E-state index in [0.717, 1.165) is 28.6 Å². The van der Waals surface area contributed by atoms with Crippen molar-refractivity contribution in [3.05, 3.63) is 53.6 Å². The second kappa shape index (κ2) is 5.52. The van der Waals surface area contributed by atoms with Crippen molar-refractivity contribution in [2.24, 2.45) is 0 Å². The smallest absolute Gasteiger partial charge is 0.164 e. The van der Waals surface area contributed by atoms with Crippen LogP contribution in [0.5, 0.6) is 11.5 Å². The van der Waals surface area contributed by atoms with Gasteiger partial charge in [0.1, 0.15) is 11.5 Å². The van der Waals surface area contributed by atoms with Gasteiger partial charge in [0.15, 0.2) is 5.78 Å². The lowest BCUT2D eigenvalue weighted by molar-refractivity contribution is 0.0989. The molecule has 0 fully saturated rings. The molecule has 126 valence electrons. The quantitative estimate of drug-likeness (QED) is 0.529. The predicted octanol–water partition coefficient (Wildman–Crippen LogP) is 4.76. The Morgan fingerprint density at radius 1 is 1.00 bits per heavy atom. The van der Waals surface area contributed by atoms with E-state index in [2.05, 4.69) is 6.92 Å². The summed E-state index contributed by atoms with van der Waals surface area (Å²) in [6.07, 6.45) is 1.22. The number of aromatic nitrogens is 1. The molecule has 0 atom stereocenters. The fourth-order valence-corrected chi connectivity index (χ4v) is 3.74. The van der Waals surface area contributed by atoms with Crippen LogP contribution < -0.4 is 0 Å². The molecule has 0 bridgehead atoms. The van der Waals surface area contributed by atoms with Crippen molar-refractivity contribution in [3.8, 4) is 22.6 Å². The molecule has 4 nitrogen and oxygen atoms in total. The van der Waals surface area contributed by atoms with Gasteiger partial charge in [-0.2, -0.15) is 0 Å². The molecule has 3 heterocycles. The first-order valence-corrected chi connectivity index (χ1v) is 8.50. The molecule has 0 aliphatic rings. The number of ketones is 1. The van der Waals surface area contributed by atoms with E-state index in [1.54, 1.807) is 18.2 Å². The van der Waals surface area contributed by atoms with Crippen LogP contribution in [0.3, 0.4) is 0 Å². The van der Waals surface area contributed by atoms with Gasteiger partial charge in [-0.1, -0.05) is 26.0 Å². The monoisotopic (exact) mass is 333 g/mol. The Balaban J connectivity index is 2.16. The van der Waals surface area contributed by atoms with Crippen LogP contribution >= 0.6 is 0 Å². The standard InChI is InChI=1S/C21H19NO3/c1-3-14-16-9-10-19(25)21-15(18(24)4-2)11-17(22(16)21)20(14)12-5-7-13(23)8-6-12/h5-11,23,25H,3-4H2,1-2H3. The average Bonchev–Trinajstić information content (AvgIpc) is 3.15. The van der Waals surface area contributed by atoms with E-state index in [1.807, 2.05) is 35.6 Å². The summed E-state index contributed by atoms with van der Waals surface area (Å²) >= 11 is 0. The largest absolute Gasteiger partial charge is 0.508 e. The van der Waals surface area contributed by atoms with Crippen LogP contribution in [0.15, 0.2) is 42.5 Å². The van der Waals surface area contributed by atoms with Gasteiger partial charge in [0.2, 0.25) is 0 Å². The lowest BCUT2D eigenvalue weighted by Gasteiger charge is -2.05. The van der Waals surface area contributed by atoms with Gasteiger partial charge in [0, 0.05) is 17.5 Å². The third-order valence-electron chi connectivity index (χ3n) is 4.88. The molecule has 0 unspecified atom stereocenters. The van der Waals surface area contributed by atoms with E-state index in [4.69, 9.17) is 0 Å². The van der Waals surface area contributed by atoms with E-state index in [1.165, 1.54) is 5.56 Å². The molecule has 4 rings (SSSR count). The van der Waals surface area contributed by atoms with Crippen LogP contribution in [-0.4, -0.2) is 20.4 Å². The first-order valence-electron chi connectivity index (χ1n) is 8.50. The van der Waals surface area contributed by atoms with Gasteiger partial charge < -0.3 is 14.6 Å². The van der Waals surface area contributed by atoms with E-state index in [-0.39, 0.29) is 17.3 Å². The Hall–Kier alpha value is -3.01. The number of carbonyl (C=O) groups excluding carboxylic acids is 1. The summed E-state index contributed by atoms with van der Waals surface area (Å²) in [5, 5.41) is 20.0. The zero-order chi connectivity index (χ0) is 17.7. The normalized spacial score (nSPS) is 11.6. The highest BCUT2D eigenvalue weighted by Gasteiger charge is 2.24. The first-order chi connectivity index (χ1) is 12.1. The zero-order valence-corrected chi connectivity index (χ0v) is 14.2. The number of pyridine rings is 1. The van der Waals surface area contributed by atoms with Gasteiger partial charge in [0.05, 0.1) is 16.6 Å². The second-order valence-corrected chi connectivity index (χ2v) is 6.26. The summed E-state index contributed by atoms with van der Waals surface area (Å²) in [6.45, 7) is 3.92. The molecule has 2 N–H and O–H groups in total. The van der Waals surface area contributed by atoms with Crippen molar-refractivity contribution in [2.75, 3.05) is 0 Å². The third-order valence-corrected chi connectivity index (χ3v) is 4.88. The number of aryl methyl sites for hydroxylation is 1. The minimum Gasteiger partial charge on any atom is -0.508 e. The van der Waals surface area contributed by atoms with Gasteiger partial charge in [-0.15, -0.1) is 0 Å². The van der Waals surface area contributed by atoms with Gasteiger partial charge in [-0.05, 0) is 47.9 Å². The molecule has 0 saturated carbocycles. The van der Waals surface area contributed by atoms with E-state index in [9.17, 15) is 15.0 Å². The lowest BCUT2D eigenvalue weighted by atomic mass is 9.98.